The van der Waals surface area contributed by atoms with Crippen LogP contribution in [0.15, 0.2) is 103 Å². The Kier molecular flexibility index (Phi) is 15.1. The van der Waals surface area contributed by atoms with Gasteiger partial charge in [-0.3, -0.25) is 14.6 Å². The molecule has 0 spiro atoms. The number of ether oxygens (including phenoxy) is 1. The summed E-state index contributed by atoms with van der Waals surface area (Å²) in [4.78, 5) is 62.4. The van der Waals surface area contributed by atoms with Crippen molar-refractivity contribution < 1.29 is 33.4 Å². The Labute approximate surface area is 352 Å². The summed E-state index contributed by atoms with van der Waals surface area (Å²) >= 11 is 0. The number of hydrogen-bond donors (Lipinski definition) is 4. The number of amides is 5. The number of hydrogen-bond acceptors (Lipinski definition) is 7. The van der Waals surface area contributed by atoms with Crippen LogP contribution in [-0.4, -0.2) is 94.3 Å². The minimum Gasteiger partial charge on any atom is -0.453 e. The van der Waals surface area contributed by atoms with Crippen LogP contribution in [-0.2, 0) is 33.7 Å². The molecule has 60 heavy (non-hydrogen) atoms. The molecule has 4 aromatic rings. The highest BCUT2D eigenvalue weighted by Gasteiger charge is 2.44. The zero-order chi connectivity index (χ0) is 43.6. The summed E-state index contributed by atoms with van der Waals surface area (Å²) in [5.41, 5.74) is 2.73. The second-order valence-electron chi connectivity index (χ2n) is 17.7. The quantitative estimate of drug-likeness (QED) is 0.101. The molecular weight excluding hydrogens is 764 g/mol. The van der Waals surface area contributed by atoms with Gasteiger partial charge in [0, 0.05) is 37.4 Å². The molecule has 0 unspecified atom stereocenters. The highest BCUT2D eigenvalue weighted by molar-refractivity contribution is 5.89. The van der Waals surface area contributed by atoms with Crippen LogP contribution < -0.4 is 16.0 Å². The summed E-state index contributed by atoms with van der Waals surface area (Å²) in [5, 5.41) is 21.1. The fraction of sp³-hybridized carbons (Fsp3) is 0.426. The number of nitrogens with one attached hydrogen (secondary N) is 3. The molecule has 3 aromatic carbocycles. The number of aliphatic hydroxyl groups excluding tert-OH is 1. The molecule has 5 rings (SSSR count). The van der Waals surface area contributed by atoms with Crippen molar-refractivity contribution in [3.05, 3.63) is 126 Å². The van der Waals surface area contributed by atoms with Crippen molar-refractivity contribution in [1.82, 2.24) is 30.7 Å². The van der Waals surface area contributed by atoms with Gasteiger partial charge < -0.3 is 35.6 Å². The zero-order valence-corrected chi connectivity index (χ0v) is 35.7. The van der Waals surface area contributed by atoms with Gasteiger partial charge in [-0.15, -0.1) is 0 Å². The predicted molar refractivity (Wildman–Crippen MR) is 229 cm³/mol. The van der Waals surface area contributed by atoms with Gasteiger partial charge in [-0.2, -0.15) is 0 Å². The maximum absolute atomic E-state index is 14.6. The van der Waals surface area contributed by atoms with E-state index >= 15 is 0 Å². The van der Waals surface area contributed by atoms with Crippen molar-refractivity contribution in [3.8, 4) is 11.3 Å². The number of aliphatic hydroxyl groups is 1. The minimum absolute atomic E-state index is 0.0326. The molecule has 320 valence electrons. The number of aromatic nitrogens is 1. The number of benzene rings is 3. The molecular formula is C47H59FN6O6. The third kappa shape index (κ3) is 12.4. The number of pyridine rings is 1. The number of carbonyl (C=O) groups is 4. The van der Waals surface area contributed by atoms with Crippen LogP contribution in [0.3, 0.4) is 0 Å². The van der Waals surface area contributed by atoms with Gasteiger partial charge in [0.1, 0.15) is 17.9 Å². The molecule has 1 aromatic heterocycles. The van der Waals surface area contributed by atoms with E-state index in [0.29, 0.717) is 18.5 Å². The summed E-state index contributed by atoms with van der Waals surface area (Å²) in [5.74, 6) is -1.27. The molecule has 0 bridgehead atoms. The standard InChI is InChI=1S/C47H59FN6O6/c1-46(2,3)40(52-44(58)60-7)42(56)50-36(27-32-19-21-34(22-20-32)37-18-11-12-23-49-37)29-39(55)38(28-31-14-9-8-10-15-31)51-43(57)41(47(4,5)6)54-25-24-53(45(54)59)30-33-16-13-17-35(48)26-33/h8-23,26,36,38-41,55H,24-25,27-30H2,1-7H3,(H,50,56)(H,51,57)(H,52,58)/t36-,38-,39-,40+,41+/m0/s1. The van der Waals surface area contributed by atoms with E-state index < -0.39 is 64.8 Å². The van der Waals surface area contributed by atoms with Gasteiger partial charge in [0.2, 0.25) is 11.8 Å². The number of halogens is 1. The molecule has 0 aliphatic carbocycles. The van der Waals surface area contributed by atoms with E-state index in [1.807, 2.05) is 114 Å². The first-order chi connectivity index (χ1) is 28.4. The Balaban J connectivity index is 1.42. The van der Waals surface area contributed by atoms with Gasteiger partial charge in [0.15, 0.2) is 0 Å². The van der Waals surface area contributed by atoms with Crippen LogP contribution >= 0.6 is 0 Å². The van der Waals surface area contributed by atoms with E-state index in [1.165, 1.54) is 19.2 Å². The van der Waals surface area contributed by atoms with E-state index in [1.54, 1.807) is 28.1 Å². The Morgan fingerprint density at radius 1 is 0.783 bits per heavy atom. The Morgan fingerprint density at radius 3 is 2.07 bits per heavy atom. The smallest absolute Gasteiger partial charge is 0.407 e. The fourth-order valence-electron chi connectivity index (χ4n) is 7.67. The van der Waals surface area contributed by atoms with E-state index in [-0.39, 0.29) is 32.0 Å². The second kappa shape index (κ2) is 20.0. The lowest BCUT2D eigenvalue weighted by Crippen LogP contribution is -2.59. The lowest BCUT2D eigenvalue weighted by Gasteiger charge is -2.38. The molecule has 0 saturated carbocycles. The van der Waals surface area contributed by atoms with Crippen LogP contribution in [0.4, 0.5) is 14.0 Å². The number of alkyl carbamates (subject to hydrolysis) is 1. The molecule has 1 fully saturated rings. The molecule has 2 heterocycles. The third-order valence-electron chi connectivity index (χ3n) is 10.7. The molecule has 1 saturated heterocycles. The maximum atomic E-state index is 14.6. The topological polar surface area (TPSA) is 153 Å². The third-order valence-corrected chi connectivity index (χ3v) is 10.7. The van der Waals surface area contributed by atoms with Crippen LogP contribution in [0.1, 0.15) is 64.7 Å². The fourth-order valence-corrected chi connectivity index (χ4v) is 7.67. The average molecular weight is 823 g/mol. The summed E-state index contributed by atoms with van der Waals surface area (Å²) in [6, 6.07) is 25.4. The highest BCUT2D eigenvalue weighted by atomic mass is 19.1. The minimum atomic E-state index is -1.17. The van der Waals surface area contributed by atoms with Crippen molar-refractivity contribution >= 4 is 23.9 Å². The predicted octanol–water partition coefficient (Wildman–Crippen LogP) is 6.52. The average Bonchev–Trinajstić information content (AvgIpc) is 3.54. The summed E-state index contributed by atoms with van der Waals surface area (Å²) in [7, 11) is 1.23. The first-order valence-corrected chi connectivity index (χ1v) is 20.4. The van der Waals surface area contributed by atoms with Crippen LogP contribution in [0.2, 0.25) is 0 Å². The van der Waals surface area contributed by atoms with E-state index in [0.717, 1.165) is 22.4 Å². The van der Waals surface area contributed by atoms with E-state index in [4.69, 9.17) is 4.74 Å². The number of nitrogens with zero attached hydrogens (tertiary/aromatic N) is 3. The number of methoxy groups -OCH3 is 1. The van der Waals surface area contributed by atoms with E-state index in [2.05, 4.69) is 20.9 Å². The zero-order valence-electron chi connectivity index (χ0n) is 35.7. The van der Waals surface area contributed by atoms with Crippen molar-refractivity contribution in [2.24, 2.45) is 10.8 Å². The second-order valence-corrected chi connectivity index (χ2v) is 17.7. The number of rotatable bonds is 16. The van der Waals surface area contributed by atoms with Gasteiger partial charge in [0.05, 0.1) is 24.9 Å². The summed E-state index contributed by atoms with van der Waals surface area (Å²) < 4.78 is 18.8. The lowest BCUT2D eigenvalue weighted by atomic mass is 9.84. The van der Waals surface area contributed by atoms with Gasteiger partial charge in [-0.1, -0.05) is 114 Å². The van der Waals surface area contributed by atoms with Gasteiger partial charge in [0.25, 0.3) is 0 Å². The molecule has 1 aliphatic heterocycles. The molecule has 12 nitrogen and oxygen atoms in total. The Hall–Kier alpha value is -5.82. The monoisotopic (exact) mass is 822 g/mol. The molecule has 4 N–H and O–H groups in total. The Bertz CT molecular complexity index is 2050. The molecule has 5 atom stereocenters. The number of urea groups is 1. The van der Waals surface area contributed by atoms with Crippen LogP contribution in [0, 0.1) is 16.6 Å². The highest BCUT2D eigenvalue weighted by Crippen LogP contribution is 2.30. The maximum Gasteiger partial charge on any atom is 0.407 e. The lowest BCUT2D eigenvalue weighted by molar-refractivity contribution is -0.131. The van der Waals surface area contributed by atoms with Gasteiger partial charge in [-0.05, 0) is 71.0 Å². The van der Waals surface area contributed by atoms with Crippen molar-refractivity contribution in [2.45, 2.75) is 97.6 Å². The largest absolute Gasteiger partial charge is 0.453 e. The summed E-state index contributed by atoms with van der Waals surface area (Å²) in [6.45, 7) is 12.0. The van der Waals surface area contributed by atoms with Crippen LogP contribution in [0.25, 0.3) is 11.3 Å². The van der Waals surface area contributed by atoms with E-state index in [9.17, 15) is 28.7 Å². The summed E-state index contributed by atoms with van der Waals surface area (Å²) in [6.07, 6.45) is 0.419. The van der Waals surface area contributed by atoms with Gasteiger partial charge >= 0.3 is 12.1 Å². The first-order valence-electron chi connectivity index (χ1n) is 20.4. The molecule has 0 radical (unpaired) electrons. The molecule has 13 heteroatoms. The first kappa shape index (κ1) is 45.3. The van der Waals surface area contributed by atoms with Crippen molar-refractivity contribution in [1.29, 1.82) is 0 Å². The van der Waals surface area contributed by atoms with Crippen molar-refractivity contribution in [3.63, 3.8) is 0 Å². The SMILES string of the molecule is COC(=O)N[C@H](C(=O)N[C@@H](Cc1ccc(-c2ccccn2)cc1)C[C@H](O)[C@H](Cc1ccccc1)NC(=O)[C@@H](N1CCN(Cc2cccc(F)c2)C1=O)C(C)(C)C)C(C)(C)C. The number of carbonyl (C=O) groups excluding carboxylic acids is 4. The van der Waals surface area contributed by atoms with Crippen molar-refractivity contribution in [2.75, 3.05) is 20.2 Å². The normalized spacial score (nSPS) is 15.7. The van der Waals surface area contributed by atoms with Crippen LogP contribution in [0.5, 0.6) is 0 Å². The Morgan fingerprint density at radius 2 is 1.45 bits per heavy atom. The molecule has 1 aliphatic rings. The molecule has 5 amide bonds. The van der Waals surface area contributed by atoms with Gasteiger partial charge in [-0.25, -0.2) is 14.0 Å².